The van der Waals surface area contributed by atoms with Gasteiger partial charge in [0.15, 0.2) is 0 Å². The maximum absolute atomic E-state index is 11.6. The van der Waals surface area contributed by atoms with Crippen molar-refractivity contribution >= 4 is 11.6 Å². The van der Waals surface area contributed by atoms with Crippen LogP contribution in [0.4, 0.5) is 5.69 Å². The van der Waals surface area contributed by atoms with Crippen LogP contribution in [-0.2, 0) is 20.8 Å². The fourth-order valence-corrected chi connectivity index (χ4v) is 1.55. The van der Waals surface area contributed by atoms with Crippen molar-refractivity contribution in [1.29, 1.82) is 0 Å². The van der Waals surface area contributed by atoms with Gasteiger partial charge in [0, 0.05) is 12.7 Å². The molecule has 1 aliphatic rings. The smallest absolute Gasteiger partial charge is 0.241 e. The number of carbonyl (C=O) groups is 1. The van der Waals surface area contributed by atoms with Crippen LogP contribution in [0.3, 0.4) is 0 Å². The Bertz CT molecular complexity index is 373. The quantitative estimate of drug-likeness (QED) is 0.704. The molecule has 0 spiro atoms. The predicted octanol–water partition coefficient (Wildman–Crippen LogP) is -1.00. The van der Waals surface area contributed by atoms with Crippen molar-refractivity contribution in [3.05, 3.63) is 12.4 Å². The first-order chi connectivity index (χ1) is 8.24. The van der Waals surface area contributed by atoms with Crippen LogP contribution in [0.1, 0.15) is 0 Å². The first-order valence-electron chi connectivity index (χ1n) is 5.48. The van der Waals surface area contributed by atoms with E-state index >= 15 is 0 Å². The van der Waals surface area contributed by atoms with Crippen LogP contribution in [0.15, 0.2) is 12.4 Å². The number of nitrogens with zero attached hydrogens (tertiary/aromatic N) is 2. The van der Waals surface area contributed by atoms with Crippen molar-refractivity contribution in [2.45, 2.75) is 12.6 Å². The summed E-state index contributed by atoms with van der Waals surface area (Å²) < 4.78 is 12.1. The third-order valence-corrected chi connectivity index (χ3v) is 2.37. The zero-order valence-electron chi connectivity index (χ0n) is 9.46. The van der Waals surface area contributed by atoms with Gasteiger partial charge in [-0.15, -0.1) is 0 Å². The van der Waals surface area contributed by atoms with Crippen LogP contribution in [-0.4, -0.2) is 48.2 Å². The number of aromatic nitrogens is 2. The maximum atomic E-state index is 11.6. The van der Waals surface area contributed by atoms with E-state index in [1.54, 1.807) is 6.20 Å². The number of anilines is 1. The van der Waals surface area contributed by atoms with Crippen molar-refractivity contribution in [1.82, 2.24) is 15.1 Å². The van der Waals surface area contributed by atoms with Crippen LogP contribution >= 0.6 is 0 Å². The summed E-state index contributed by atoms with van der Waals surface area (Å²) in [5.41, 5.74) is 6.04. The second-order valence-corrected chi connectivity index (χ2v) is 3.84. The third kappa shape index (κ3) is 3.72. The Kier molecular flexibility index (Phi) is 3.94. The van der Waals surface area contributed by atoms with Gasteiger partial charge >= 0.3 is 0 Å². The minimum Gasteiger partial charge on any atom is -0.396 e. The average molecular weight is 240 g/mol. The second-order valence-electron chi connectivity index (χ2n) is 3.84. The minimum absolute atomic E-state index is 0.0598. The molecule has 17 heavy (non-hydrogen) atoms. The summed E-state index contributed by atoms with van der Waals surface area (Å²) in [5.74, 6) is -0.123. The van der Waals surface area contributed by atoms with E-state index in [-0.39, 0.29) is 18.6 Å². The molecule has 0 saturated carbocycles. The zero-order chi connectivity index (χ0) is 12.1. The molecule has 1 aromatic rings. The summed E-state index contributed by atoms with van der Waals surface area (Å²) in [5, 5.41) is 6.69. The SMILES string of the molecule is Nc1cnn(CC(=O)NCC2COCCO2)c1. The van der Waals surface area contributed by atoms with E-state index in [1.165, 1.54) is 10.9 Å². The highest BCUT2D eigenvalue weighted by molar-refractivity contribution is 5.75. The minimum atomic E-state index is -0.123. The second kappa shape index (κ2) is 5.65. The van der Waals surface area contributed by atoms with Gasteiger partial charge in [0.05, 0.1) is 37.8 Å². The van der Waals surface area contributed by atoms with Gasteiger partial charge in [-0.25, -0.2) is 0 Å². The number of rotatable bonds is 4. The van der Waals surface area contributed by atoms with Gasteiger partial charge in [-0.2, -0.15) is 5.10 Å². The van der Waals surface area contributed by atoms with E-state index < -0.39 is 0 Å². The van der Waals surface area contributed by atoms with Gasteiger partial charge < -0.3 is 20.5 Å². The Hall–Kier alpha value is -1.60. The molecule has 0 radical (unpaired) electrons. The highest BCUT2D eigenvalue weighted by atomic mass is 16.6. The standard InChI is InChI=1S/C10H16N4O3/c11-8-3-13-14(5-8)6-10(15)12-4-9-7-16-1-2-17-9/h3,5,9H,1-2,4,6-7,11H2,(H,12,15). The van der Waals surface area contributed by atoms with Crippen molar-refractivity contribution < 1.29 is 14.3 Å². The summed E-state index contributed by atoms with van der Waals surface area (Å²) in [6, 6.07) is 0. The van der Waals surface area contributed by atoms with Crippen molar-refractivity contribution in [3.63, 3.8) is 0 Å². The van der Waals surface area contributed by atoms with Crippen LogP contribution < -0.4 is 11.1 Å². The first kappa shape index (κ1) is 11.9. The number of carbonyl (C=O) groups excluding carboxylic acids is 1. The fourth-order valence-electron chi connectivity index (χ4n) is 1.55. The molecule has 1 saturated heterocycles. The van der Waals surface area contributed by atoms with Gasteiger partial charge in [-0.1, -0.05) is 0 Å². The number of amides is 1. The molecule has 3 N–H and O–H groups in total. The first-order valence-corrected chi connectivity index (χ1v) is 5.48. The van der Waals surface area contributed by atoms with Crippen LogP contribution in [0.25, 0.3) is 0 Å². The molecule has 7 nitrogen and oxygen atoms in total. The van der Waals surface area contributed by atoms with E-state index in [9.17, 15) is 4.79 Å². The van der Waals surface area contributed by atoms with Gasteiger partial charge in [0.25, 0.3) is 0 Å². The highest BCUT2D eigenvalue weighted by Gasteiger charge is 2.15. The summed E-state index contributed by atoms with van der Waals surface area (Å²) in [7, 11) is 0. The molecule has 0 bridgehead atoms. The van der Waals surface area contributed by atoms with E-state index in [2.05, 4.69) is 10.4 Å². The number of nitrogens with one attached hydrogen (secondary N) is 1. The number of nitrogens with two attached hydrogens (primary N) is 1. The molecule has 1 aliphatic heterocycles. The maximum Gasteiger partial charge on any atom is 0.241 e. The molecule has 7 heteroatoms. The zero-order valence-corrected chi connectivity index (χ0v) is 9.46. The molecular formula is C10H16N4O3. The van der Waals surface area contributed by atoms with Crippen molar-refractivity contribution in [2.75, 3.05) is 32.1 Å². The van der Waals surface area contributed by atoms with Crippen LogP contribution in [0, 0.1) is 0 Å². The lowest BCUT2D eigenvalue weighted by molar-refractivity contribution is -0.124. The topological polar surface area (TPSA) is 91.4 Å². The average Bonchev–Trinajstić information content (AvgIpc) is 2.73. The summed E-state index contributed by atoms with van der Waals surface area (Å²) in [4.78, 5) is 11.6. The molecule has 2 rings (SSSR count). The Morgan fingerprint density at radius 2 is 2.53 bits per heavy atom. The Morgan fingerprint density at radius 3 is 3.18 bits per heavy atom. The summed E-state index contributed by atoms with van der Waals surface area (Å²) >= 11 is 0. The number of hydrogen-bond donors (Lipinski definition) is 2. The molecule has 1 unspecified atom stereocenters. The largest absolute Gasteiger partial charge is 0.396 e. The van der Waals surface area contributed by atoms with Gasteiger partial charge in [0.1, 0.15) is 6.54 Å². The monoisotopic (exact) mass is 240 g/mol. The molecule has 1 atom stereocenters. The Labute approximate surface area is 98.9 Å². The molecular weight excluding hydrogens is 224 g/mol. The van der Waals surface area contributed by atoms with Gasteiger partial charge in [-0.3, -0.25) is 9.48 Å². The normalized spacial score (nSPS) is 20.1. The molecule has 1 amide bonds. The van der Waals surface area contributed by atoms with Crippen molar-refractivity contribution in [2.24, 2.45) is 0 Å². The molecule has 2 heterocycles. The summed E-state index contributed by atoms with van der Waals surface area (Å²) in [6.45, 7) is 2.34. The molecule has 1 fully saturated rings. The van der Waals surface area contributed by atoms with E-state index in [4.69, 9.17) is 15.2 Å². The fraction of sp³-hybridized carbons (Fsp3) is 0.600. The third-order valence-electron chi connectivity index (χ3n) is 2.37. The molecule has 0 aromatic carbocycles. The van der Waals surface area contributed by atoms with E-state index in [0.717, 1.165) is 0 Å². The van der Waals surface area contributed by atoms with Gasteiger partial charge in [0.2, 0.25) is 5.91 Å². The lowest BCUT2D eigenvalue weighted by Gasteiger charge is -2.23. The van der Waals surface area contributed by atoms with Crippen molar-refractivity contribution in [3.8, 4) is 0 Å². The van der Waals surface area contributed by atoms with Gasteiger partial charge in [-0.05, 0) is 0 Å². The van der Waals surface area contributed by atoms with E-state index in [1.807, 2.05) is 0 Å². The predicted molar refractivity (Wildman–Crippen MR) is 60.2 cm³/mol. The highest BCUT2D eigenvalue weighted by Crippen LogP contribution is 1.99. The lowest BCUT2D eigenvalue weighted by Crippen LogP contribution is -2.40. The lowest BCUT2D eigenvalue weighted by atomic mass is 10.3. The summed E-state index contributed by atoms with van der Waals surface area (Å²) in [6.07, 6.45) is 3.06. The molecule has 1 aromatic heterocycles. The van der Waals surface area contributed by atoms with Crippen LogP contribution in [0.5, 0.6) is 0 Å². The Morgan fingerprint density at radius 1 is 1.65 bits per heavy atom. The Balaban J connectivity index is 1.70. The number of nitrogen functional groups attached to an aromatic ring is 1. The van der Waals surface area contributed by atoms with E-state index in [0.29, 0.717) is 32.1 Å². The number of ether oxygens (including phenoxy) is 2. The molecule has 0 aliphatic carbocycles. The van der Waals surface area contributed by atoms with Crippen LogP contribution in [0.2, 0.25) is 0 Å². The number of hydrogen-bond acceptors (Lipinski definition) is 5. The molecule has 94 valence electrons.